The van der Waals surface area contributed by atoms with Crippen molar-refractivity contribution in [1.29, 1.82) is 0 Å². The van der Waals surface area contributed by atoms with E-state index in [-0.39, 0.29) is 10.8 Å². The van der Waals surface area contributed by atoms with Gasteiger partial charge in [0, 0.05) is 24.1 Å². The zero-order valence-electron chi connectivity index (χ0n) is 14.6. The van der Waals surface area contributed by atoms with E-state index in [1.165, 1.54) is 43.7 Å². The second-order valence-corrected chi connectivity index (χ2v) is 9.01. The van der Waals surface area contributed by atoms with Crippen molar-refractivity contribution in [3.05, 3.63) is 35.2 Å². The van der Waals surface area contributed by atoms with Crippen molar-refractivity contribution in [3.8, 4) is 0 Å². The number of aliphatic imine (C=N–C) groups is 1. The fourth-order valence-corrected chi connectivity index (χ4v) is 4.86. The van der Waals surface area contributed by atoms with E-state index in [9.17, 15) is 13.2 Å². The van der Waals surface area contributed by atoms with E-state index in [1.807, 2.05) is 0 Å². The molecule has 0 bridgehead atoms. The third-order valence-corrected chi connectivity index (χ3v) is 6.56. The van der Waals surface area contributed by atoms with Crippen molar-refractivity contribution < 1.29 is 13.2 Å². The fourth-order valence-electron chi connectivity index (χ4n) is 2.79. The lowest BCUT2D eigenvalue weighted by Gasteiger charge is -2.11. The van der Waals surface area contributed by atoms with E-state index in [4.69, 9.17) is 0 Å². The van der Waals surface area contributed by atoms with Gasteiger partial charge >= 0.3 is 0 Å². The zero-order chi connectivity index (χ0) is 18.6. The summed E-state index contributed by atoms with van der Waals surface area (Å²) in [6, 6.07) is 6.03. The number of nitrogens with zero attached hydrogens (tertiary/aromatic N) is 2. The molecule has 1 fully saturated rings. The second kappa shape index (κ2) is 8.24. The van der Waals surface area contributed by atoms with Gasteiger partial charge in [0.25, 0.3) is 10.0 Å². The monoisotopic (exact) mass is 394 g/mol. The molecule has 2 N–H and O–H groups in total. The van der Waals surface area contributed by atoms with E-state index < -0.39 is 10.0 Å². The number of hydrogen-bond acceptors (Lipinski definition) is 6. The van der Waals surface area contributed by atoms with Gasteiger partial charge in [0.1, 0.15) is 0 Å². The summed E-state index contributed by atoms with van der Waals surface area (Å²) in [5.74, 6) is -0.205. The van der Waals surface area contributed by atoms with Crippen LogP contribution in [0.15, 0.2) is 45.1 Å². The molecule has 0 radical (unpaired) electrons. The van der Waals surface area contributed by atoms with Gasteiger partial charge in [-0.15, -0.1) is 0 Å². The van der Waals surface area contributed by atoms with Gasteiger partial charge in [0.2, 0.25) is 5.91 Å². The lowest BCUT2D eigenvalue weighted by atomic mass is 10.3. The number of carbonyl (C=O) groups excluding carboxylic acids is 1. The summed E-state index contributed by atoms with van der Waals surface area (Å²) in [7, 11) is -3.69. The van der Waals surface area contributed by atoms with E-state index in [0.717, 1.165) is 24.5 Å². The summed E-state index contributed by atoms with van der Waals surface area (Å²) in [6.07, 6.45) is 4.63. The smallest absolute Gasteiger partial charge is 0.263 e. The Morgan fingerprint density at radius 3 is 2.62 bits per heavy atom. The molecule has 0 unspecified atom stereocenters. The van der Waals surface area contributed by atoms with Crippen molar-refractivity contribution >= 4 is 38.5 Å². The molecule has 1 aromatic rings. The number of benzene rings is 1. The number of thioether (sulfide) groups is 1. The maximum absolute atomic E-state index is 12.5. The largest absolute Gasteiger partial charge is 0.326 e. The molecule has 0 spiro atoms. The summed E-state index contributed by atoms with van der Waals surface area (Å²) in [4.78, 5) is 18.9. The van der Waals surface area contributed by atoms with Crippen LogP contribution in [-0.2, 0) is 14.8 Å². The van der Waals surface area contributed by atoms with E-state index in [0.29, 0.717) is 17.4 Å². The minimum Gasteiger partial charge on any atom is -0.326 e. The minimum absolute atomic E-state index is 0.129. The van der Waals surface area contributed by atoms with Crippen LogP contribution in [-0.4, -0.2) is 50.6 Å². The van der Waals surface area contributed by atoms with Gasteiger partial charge in [-0.1, -0.05) is 17.8 Å². The third kappa shape index (κ3) is 5.09. The van der Waals surface area contributed by atoms with Crippen LogP contribution in [0.1, 0.15) is 19.8 Å². The summed E-state index contributed by atoms with van der Waals surface area (Å²) in [6.45, 7) is 5.06. The first-order chi connectivity index (χ1) is 12.4. The molecule has 0 aliphatic carbocycles. The van der Waals surface area contributed by atoms with Crippen molar-refractivity contribution in [3.63, 3.8) is 0 Å². The van der Waals surface area contributed by atoms with E-state index in [2.05, 4.69) is 26.0 Å². The molecule has 2 aliphatic rings. The van der Waals surface area contributed by atoms with Gasteiger partial charge in [0.05, 0.1) is 11.4 Å². The van der Waals surface area contributed by atoms with Crippen LogP contribution in [0.3, 0.4) is 0 Å². The summed E-state index contributed by atoms with van der Waals surface area (Å²) in [5, 5.41) is 3.00. The van der Waals surface area contributed by atoms with Crippen molar-refractivity contribution in [2.45, 2.75) is 24.7 Å². The highest BCUT2D eigenvalue weighted by atomic mass is 32.2. The third-order valence-electron chi connectivity index (χ3n) is 4.09. The Hall–Kier alpha value is -1.84. The number of likely N-dealkylation sites (tertiary alicyclic amines) is 1. The Morgan fingerprint density at radius 2 is 1.96 bits per heavy atom. The Bertz CT molecular complexity index is 826. The Morgan fingerprint density at radius 1 is 1.27 bits per heavy atom. The first-order valence-electron chi connectivity index (χ1n) is 8.46. The first-order valence-corrected chi connectivity index (χ1v) is 10.8. The molecule has 7 nitrogen and oxygen atoms in total. The molecule has 0 aromatic heterocycles. The molecule has 2 aliphatic heterocycles. The van der Waals surface area contributed by atoms with E-state index >= 15 is 0 Å². The SMILES string of the molecule is CC(=O)Nc1ccc(S(=O)(=O)NC2=NC/C(=C\CN3CCCC3)S2)cc1. The Labute approximate surface area is 158 Å². The van der Waals surface area contributed by atoms with Crippen LogP contribution in [0.4, 0.5) is 5.69 Å². The molecule has 3 rings (SSSR count). The van der Waals surface area contributed by atoms with Crippen molar-refractivity contribution in [2.24, 2.45) is 4.99 Å². The lowest BCUT2D eigenvalue weighted by Crippen LogP contribution is -2.27. The zero-order valence-corrected chi connectivity index (χ0v) is 16.2. The average Bonchev–Trinajstić information content (AvgIpc) is 3.24. The number of nitrogens with one attached hydrogen (secondary N) is 2. The maximum atomic E-state index is 12.5. The normalized spacial score (nSPS) is 19.6. The fraction of sp³-hybridized carbons (Fsp3) is 0.412. The molecular formula is C17H22N4O3S2. The summed E-state index contributed by atoms with van der Waals surface area (Å²) >= 11 is 1.36. The standard InChI is InChI=1S/C17H22N4O3S2/c1-13(22)19-14-4-6-16(7-5-14)26(23,24)20-17-18-12-15(25-17)8-11-21-9-2-3-10-21/h4-8H,2-3,9-12H2,1H3,(H,18,20)(H,19,22)/b15-8+. The molecule has 2 heterocycles. The van der Waals surface area contributed by atoms with Crippen LogP contribution < -0.4 is 10.0 Å². The molecular weight excluding hydrogens is 372 g/mol. The number of anilines is 1. The highest BCUT2D eigenvalue weighted by Gasteiger charge is 2.21. The van der Waals surface area contributed by atoms with Gasteiger partial charge in [-0.3, -0.25) is 19.4 Å². The van der Waals surface area contributed by atoms with Crippen LogP contribution in [0.5, 0.6) is 0 Å². The van der Waals surface area contributed by atoms with Crippen LogP contribution in [0, 0.1) is 0 Å². The number of hydrogen-bond donors (Lipinski definition) is 2. The van der Waals surface area contributed by atoms with Gasteiger partial charge in [-0.05, 0) is 50.2 Å². The predicted molar refractivity (Wildman–Crippen MR) is 105 cm³/mol. The molecule has 140 valence electrons. The number of amidine groups is 1. The van der Waals surface area contributed by atoms with Gasteiger partial charge in [-0.2, -0.15) is 0 Å². The number of sulfonamides is 1. The van der Waals surface area contributed by atoms with Crippen molar-refractivity contribution in [2.75, 3.05) is 31.5 Å². The van der Waals surface area contributed by atoms with Gasteiger partial charge in [0.15, 0.2) is 5.17 Å². The quantitative estimate of drug-likeness (QED) is 0.797. The summed E-state index contributed by atoms with van der Waals surface area (Å²) < 4.78 is 27.5. The Balaban J connectivity index is 1.57. The summed E-state index contributed by atoms with van der Waals surface area (Å²) in [5.41, 5.74) is 0.552. The van der Waals surface area contributed by atoms with Crippen LogP contribution >= 0.6 is 11.8 Å². The number of rotatable bonds is 5. The molecule has 9 heteroatoms. The van der Waals surface area contributed by atoms with Crippen LogP contribution in [0.2, 0.25) is 0 Å². The average molecular weight is 395 g/mol. The van der Waals surface area contributed by atoms with Gasteiger partial charge in [-0.25, -0.2) is 8.42 Å². The highest BCUT2D eigenvalue weighted by molar-refractivity contribution is 8.18. The second-order valence-electron chi connectivity index (χ2n) is 6.21. The topological polar surface area (TPSA) is 90.9 Å². The highest BCUT2D eigenvalue weighted by Crippen LogP contribution is 2.25. The molecule has 0 saturated carbocycles. The first kappa shape index (κ1) is 18.9. The lowest BCUT2D eigenvalue weighted by molar-refractivity contribution is -0.114. The molecule has 26 heavy (non-hydrogen) atoms. The molecule has 0 atom stereocenters. The molecule has 1 amide bonds. The minimum atomic E-state index is -3.69. The Kier molecular flexibility index (Phi) is 6.00. The van der Waals surface area contributed by atoms with Gasteiger partial charge < -0.3 is 5.32 Å². The van der Waals surface area contributed by atoms with Crippen LogP contribution in [0.25, 0.3) is 0 Å². The van der Waals surface area contributed by atoms with Crippen molar-refractivity contribution in [1.82, 2.24) is 9.62 Å². The molecule has 1 aromatic carbocycles. The number of amides is 1. The predicted octanol–water partition coefficient (Wildman–Crippen LogP) is 2.01. The molecule has 1 saturated heterocycles. The van der Waals surface area contributed by atoms with E-state index in [1.54, 1.807) is 12.1 Å². The maximum Gasteiger partial charge on any atom is 0.263 e. The number of carbonyl (C=O) groups is 1.